The van der Waals surface area contributed by atoms with Gasteiger partial charge in [0.2, 0.25) is 5.91 Å². The summed E-state index contributed by atoms with van der Waals surface area (Å²) in [4.78, 5) is 20.6. The quantitative estimate of drug-likeness (QED) is 0.235. The van der Waals surface area contributed by atoms with Gasteiger partial charge in [0.1, 0.15) is 0 Å². The van der Waals surface area contributed by atoms with E-state index in [4.69, 9.17) is 5.26 Å². The molecule has 5 aromatic rings. The Bertz CT molecular complexity index is 1650. The summed E-state index contributed by atoms with van der Waals surface area (Å²) < 4.78 is 2.10. The smallest absolute Gasteiger partial charge is 0.237 e. The van der Waals surface area contributed by atoms with Crippen molar-refractivity contribution in [3.8, 4) is 6.07 Å². The summed E-state index contributed by atoms with van der Waals surface area (Å²) in [5, 5.41) is 12.3. The van der Waals surface area contributed by atoms with Crippen LogP contribution in [0.1, 0.15) is 45.0 Å². The molecular weight excluding hydrogens is 530 g/mol. The zero-order valence-electron chi connectivity index (χ0n) is 24.1. The van der Waals surface area contributed by atoms with Crippen LogP contribution in [-0.4, -0.2) is 39.5 Å². The lowest BCUT2D eigenvalue weighted by molar-refractivity contribution is -0.127. The fourth-order valence-corrected chi connectivity index (χ4v) is 6.05. The van der Waals surface area contributed by atoms with E-state index < -0.39 is 0 Å². The summed E-state index contributed by atoms with van der Waals surface area (Å²) >= 11 is 0. The number of benzene rings is 4. The minimum atomic E-state index is -0.256. The molecule has 1 aliphatic rings. The fraction of sp³-hybridized carbons (Fsp3) is 0.216. The van der Waals surface area contributed by atoms with Crippen molar-refractivity contribution < 1.29 is 4.79 Å². The molecule has 1 N–H and O–H groups in total. The van der Waals surface area contributed by atoms with E-state index in [1.54, 1.807) is 0 Å². The van der Waals surface area contributed by atoms with Crippen molar-refractivity contribution >= 4 is 5.91 Å². The number of hydrogen-bond acceptors (Lipinski definition) is 4. The molecule has 0 bridgehead atoms. The number of hydrogen-bond donors (Lipinski definition) is 1. The summed E-state index contributed by atoms with van der Waals surface area (Å²) in [6.45, 7) is 2.69. The van der Waals surface area contributed by atoms with Crippen molar-refractivity contribution in [3.63, 3.8) is 0 Å². The number of aromatic nitrogens is 2. The van der Waals surface area contributed by atoms with Crippen LogP contribution >= 0.6 is 0 Å². The van der Waals surface area contributed by atoms with Crippen LogP contribution in [0.2, 0.25) is 0 Å². The Morgan fingerprint density at radius 1 is 0.884 bits per heavy atom. The summed E-state index contributed by atoms with van der Waals surface area (Å²) in [5.74, 6) is 0.215. The monoisotopic (exact) mass is 565 g/mol. The average Bonchev–Trinajstić information content (AvgIpc) is 3.50. The lowest BCUT2D eigenvalue weighted by Crippen LogP contribution is -2.51. The van der Waals surface area contributed by atoms with E-state index in [9.17, 15) is 4.79 Å². The molecule has 6 heteroatoms. The van der Waals surface area contributed by atoms with Gasteiger partial charge in [-0.15, -0.1) is 0 Å². The standard InChI is InChI=1S/C37H35N5O/c38-22-28-15-17-29(18-16-28)24-42-27-39-23-34(42)19-20-40-37(43)36-21-32-13-7-8-14-33(32)25-41(36)26-35(30-9-3-1-4-10-30)31-11-5-2-6-12-31/h1-18,23,27,35-36H,19-21,24-26H2,(H,40,43)/t36-/m0/s1. The molecule has 0 fully saturated rings. The number of carbonyl (C=O) groups is 1. The molecule has 1 aromatic heterocycles. The van der Waals surface area contributed by atoms with Gasteiger partial charge < -0.3 is 9.88 Å². The van der Waals surface area contributed by atoms with Crippen molar-refractivity contribution in [1.29, 1.82) is 5.26 Å². The van der Waals surface area contributed by atoms with Crippen LogP contribution in [0.3, 0.4) is 0 Å². The van der Waals surface area contributed by atoms with Crippen LogP contribution in [-0.2, 0) is 30.7 Å². The predicted molar refractivity (Wildman–Crippen MR) is 168 cm³/mol. The maximum Gasteiger partial charge on any atom is 0.237 e. The largest absolute Gasteiger partial charge is 0.354 e. The summed E-state index contributed by atoms with van der Waals surface area (Å²) in [6.07, 6.45) is 5.06. The highest BCUT2D eigenvalue weighted by molar-refractivity contribution is 5.82. The van der Waals surface area contributed by atoms with Crippen LogP contribution in [0.25, 0.3) is 0 Å². The highest BCUT2D eigenvalue weighted by Gasteiger charge is 2.33. The van der Waals surface area contributed by atoms with E-state index in [1.165, 1.54) is 22.3 Å². The number of carbonyl (C=O) groups excluding carboxylic acids is 1. The first-order chi connectivity index (χ1) is 21.2. The third kappa shape index (κ3) is 6.74. The van der Waals surface area contributed by atoms with Crippen LogP contribution in [0.5, 0.6) is 0 Å². The Labute approximate surface area is 253 Å². The number of imidazole rings is 1. The third-order valence-corrected chi connectivity index (χ3v) is 8.38. The number of nitriles is 1. The molecule has 0 saturated heterocycles. The Kier molecular flexibility index (Phi) is 8.72. The second-order valence-electron chi connectivity index (χ2n) is 11.2. The molecule has 6 rings (SSSR count). The molecule has 2 heterocycles. The summed E-state index contributed by atoms with van der Waals surface area (Å²) in [6, 6.07) is 39.2. The molecule has 0 aliphatic carbocycles. The van der Waals surface area contributed by atoms with Crippen molar-refractivity contribution in [1.82, 2.24) is 19.8 Å². The second kappa shape index (κ2) is 13.3. The Morgan fingerprint density at radius 3 is 2.21 bits per heavy atom. The van der Waals surface area contributed by atoms with E-state index in [-0.39, 0.29) is 17.9 Å². The molecule has 4 aromatic carbocycles. The molecule has 0 spiro atoms. The van der Waals surface area contributed by atoms with E-state index in [2.05, 4.69) is 111 Å². The second-order valence-corrected chi connectivity index (χ2v) is 11.2. The molecule has 0 radical (unpaired) electrons. The first-order valence-corrected chi connectivity index (χ1v) is 14.8. The van der Waals surface area contributed by atoms with Gasteiger partial charge in [0.25, 0.3) is 0 Å². The zero-order valence-corrected chi connectivity index (χ0v) is 24.1. The molecule has 6 nitrogen and oxygen atoms in total. The van der Waals surface area contributed by atoms with Gasteiger partial charge in [0.05, 0.1) is 24.0 Å². The van der Waals surface area contributed by atoms with Gasteiger partial charge in [-0.2, -0.15) is 5.26 Å². The van der Waals surface area contributed by atoms with Crippen molar-refractivity contribution in [2.75, 3.05) is 13.1 Å². The van der Waals surface area contributed by atoms with E-state index in [1.807, 2.05) is 36.8 Å². The molecular formula is C37H35N5O. The maximum absolute atomic E-state index is 13.8. The normalized spacial score (nSPS) is 14.7. The van der Waals surface area contributed by atoms with E-state index >= 15 is 0 Å². The minimum Gasteiger partial charge on any atom is -0.354 e. The van der Waals surface area contributed by atoms with Crippen molar-refractivity contribution in [2.24, 2.45) is 0 Å². The average molecular weight is 566 g/mol. The Hall–Kier alpha value is -4.99. The van der Waals surface area contributed by atoms with Gasteiger partial charge in [-0.05, 0) is 46.4 Å². The van der Waals surface area contributed by atoms with Gasteiger partial charge in [-0.1, -0.05) is 97.1 Å². The van der Waals surface area contributed by atoms with Crippen LogP contribution in [0.15, 0.2) is 122 Å². The molecule has 0 saturated carbocycles. The van der Waals surface area contributed by atoms with Crippen LogP contribution in [0, 0.1) is 11.3 Å². The Morgan fingerprint density at radius 2 is 1.53 bits per heavy atom. The summed E-state index contributed by atoms with van der Waals surface area (Å²) in [5.41, 5.74) is 7.85. The molecule has 0 unspecified atom stereocenters. The third-order valence-electron chi connectivity index (χ3n) is 8.38. The highest BCUT2D eigenvalue weighted by Crippen LogP contribution is 2.30. The Balaban J connectivity index is 1.16. The predicted octanol–water partition coefficient (Wildman–Crippen LogP) is 5.72. The fourth-order valence-electron chi connectivity index (χ4n) is 6.05. The first-order valence-electron chi connectivity index (χ1n) is 14.8. The zero-order chi connectivity index (χ0) is 29.4. The van der Waals surface area contributed by atoms with E-state index in [0.29, 0.717) is 31.5 Å². The number of nitrogens with one attached hydrogen (secondary N) is 1. The van der Waals surface area contributed by atoms with Gasteiger partial charge in [-0.3, -0.25) is 9.69 Å². The van der Waals surface area contributed by atoms with Gasteiger partial charge >= 0.3 is 0 Å². The maximum atomic E-state index is 13.8. The first kappa shape index (κ1) is 28.1. The van der Waals surface area contributed by atoms with Gasteiger partial charge in [-0.25, -0.2) is 4.98 Å². The van der Waals surface area contributed by atoms with Gasteiger partial charge in [0, 0.05) is 50.4 Å². The van der Waals surface area contributed by atoms with E-state index in [0.717, 1.165) is 24.3 Å². The minimum absolute atomic E-state index is 0.0625. The van der Waals surface area contributed by atoms with Crippen LogP contribution in [0.4, 0.5) is 0 Å². The highest BCUT2D eigenvalue weighted by atomic mass is 16.2. The number of fused-ring (bicyclic) bond motifs is 1. The molecule has 43 heavy (non-hydrogen) atoms. The summed E-state index contributed by atoms with van der Waals surface area (Å²) in [7, 11) is 0. The topological polar surface area (TPSA) is 74.0 Å². The molecule has 1 atom stereocenters. The number of rotatable bonds is 10. The lowest BCUT2D eigenvalue weighted by Gasteiger charge is -2.38. The molecule has 1 amide bonds. The molecule has 1 aliphatic heterocycles. The van der Waals surface area contributed by atoms with Gasteiger partial charge in [0.15, 0.2) is 0 Å². The molecule has 214 valence electrons. The number of amides is 1. The van der Waals surface area contributed by atoms with Crippen molar-refractivity contribution in [2.45, 2.75) is 37.9 Å². The van der Waals surface area contributed by atoms with Crippen LogP contribution < -0.4 is 5.32 Å². The lowest BCUT2D eigenvalue weighted by atomic mass is 9.87. The SMILES string of the molecule is N#Cc1ccc(Cn2cncc2CCNC(=O)[C@@H]2Cc3ccccc3CN2CC(c2ccccc2)c2ccccc2)cc1. The number of nitrogens with zero attached hydrogens (tertiary/aromatic N) is 4. The van der Waals surface area contributed by atoms with Crippen molar-refractivity contribution in [3.05, 3.63) is 161 Å².